The van der Waals surface area contributed by atoms with Gasteiger partial charge in [-0.1, -0.05) is 24.3 Å². The molecule has 4 aromatic rings. The maximum atomic E-state index is 12.7. The number of amides is 1. The van der Waals surface area contributed by atoms with Gasteiger partial charge in [-0.05, 0) is 37.1 Å². The molecule has 1 aliphatic heterocycles. The second-order valence-corrected chi connectivity index (χ2v) is 7.37. The summed E-state index contributed by atoms with van der Waals surface area (Å²) in [5.41, 5.74) is 2.11. The molecular formula is C22H20N4O3. The molecule has 0 saturated carbocycles. The Balaban J connectivity index is 1.27. The minimum atomic E-state index is -0.190. The van der Waals surface area contributed by atoms with Crippen LogP contribution in [0.5, 0.6) is 0 Å². The molecule has 0 aliphatic carbocycles. The Labute approximate surface area is 166 Å². The summed E-state index contributed by atoms with van der Waals surface area (Å²) in [6, 6.07) is 14.9. The summed E-state index contributed by atoms with van der Waals surface area (Å²) in [5.74, 6) is 0.880. The third-order valence-electron chi connectivity index (χ3n) is 5.54. The highest BCUT2D eigenvalue weighted by molar-refractivity contribution is 5.79. The average molecular weight is 388 g/mol. The number of carbonyl (C=O) groups excluding carboxylic acids is 1. The minimum absolute atomic E-state index is 0.00419. The van der Waals surface area contributed by atoms with Crippen molar-refractivity contribution in [2.45, 2.75) is 25.3 Å². The van der Waals surface area contributed by atoms with Crippen LogP contribution in [0.2, 0.25) is 0 Å². The van der Waals surface area contributed by atoms with Crippen molar-refractivity contribution in [1.82, 2.24) is 19.4 Å². The summed E-state index contributed by atoms with van der Waals surface area (Å²) >= 11 is 0. The lowest BCUT2D eigenvalue weighted by Gasteiger charge is -2.30. The maximum absolute atomic E-state index is 12.7. The molecule has 1 aliphatic rings. The number of fused-ring (bicyclic) bond motifs is 2. The summed E-state index contributed by atoms with van der Waals surface area (Å²) in [6.07, 6.45) is 3.04. The molecule has 0 N–H and O–H groups in total. The number of oxazole rings is 1. The van der Waals surface area contributed by atoms with Gasteiger partial charge in [0.15, 0.2) is 11.5 Å². The highest BCUT2D eigenvalue weighted by atomic mass is 16.3. The molecule has 2 aromatic carbocycles. The van der Waals surface area contributed by atoms with Gasteiger partial charge in [-0.25, -0.2) is 9.97 Å². The van der Waals surface area contributed by atoms with Crippen molar-refractivity contribution in [2.24, 2.45) is 0 Å². The Kier molecular flexibility index (Phi) is 4.35. The van der Waals surface area contributed by atoms with Crippen LogP contribution < -0.4 is 5.56 Å². The van der Waals surface area contributed by atoms with Gasteiger partial charge in [0.2, 0.25) is 5.91 Å². The van der Waals surface area contributed by atoms with Crippen LogP contribution in [0.1, 0.15) is 24.7 Å². The fourth-order valence-corrected chi connectivity index (χ4v) is 3.90. The molecule has 0 spiro atoms. The lowest BCUT2D eigenvalue weighted by molar-refractivity contribution is -0.133. The number of rotatable bonds is 3. The van der Waals surface area contributed by atoms with Crippen molar-refractivity contribution in [3.05, 3.63) is 71.1 Å². The van der Waals surface area contributed by atoms with E-state index < -0.39 is 0 Å². The van der Waals surface area contributed by atoms with Gasteiger partial charge < -0.3 is 9.32 Å². The SMILES string of the molecule is O=C(Cn1cnc2ccccc2c1=O)N1CCC(c2nc3ccccc3o2)CC1. The second-order valence-electron chi connectivity index (χ2n) is 7.37. The van der Waals surface area contributed by atoms with E-state index in [1.807, 2.05) is 30.3 Å². The van der Waals surface area contributed by atoms with Crippen LogP contribution in [0.3, 0.4) is 0 Å². The van der Waals surface area contributed by atoms with Gasteiger partial charge in [0.1, 0.15) is 12.1 Å². The highest BCUT2D eigenvalue weighted by Gasteiger charge is 2.27. The quantitative estimate of drug-likeness (QED) is 0.539. The standard InChI is InChI=1S/C22H20N4O3/c27-20(13-26-14-23-17-6-2-1-5-16(17)22(26)28)25-11-9-15(10-12-25)21-24-18-7-3-4-8-19(18)29-21/h1-8,14-15H,9-13H2. The van der Waals surface area contributed by atoms with Gasteiger partial charge in [-0.15, -0.1) is 0 Å². The molecule has 7 nitrogen and oxygen atoms in total. The summed E-state index contributed by atoms with van der Waals surface area (Å²) in [7, 11) is 0. The Morgan fingerprint density at radius 2 is 1.76 bits per heavy atom. The first kappa shape index (κ1) is 17.6. The number of hydrogen-bond donors (Lipinski definition) is 0. The van der Waals surface area contributed by atoms with E-state index >= 15 is 0 Å². The molecule has 0 unspecified atom stereocenters. The molecule has 2 aromatic heterocycles. The topological polar surface area (TPSA) is 81.2 Å². The molecular weight excluding hydrogens is 368 g/mol. The molecule has 29 heavy (non-hydrogen) atoms. The number of carbonyl (C=O) groups is 1. The van der Waals surface area contributed by atoms with Crippen LogP contribution in [0.15, 0.2) is 64.1 Å². The Bertz CT molecular complexity index is 1220. The van der Waals surface area contributed by atoms with Gasteiger partial charge in [-0.2, -0.15) is 0 Å². The van der Waals surface area contributed by atoms with E-state index in [0.29, 0.717) is 24.0 Å². The molecule has 5 rings (SSSR count). The number of benzene rings is 2. The lowest BCUT2D eigenvalue weighted by Crippen LogP contribution is -2.41. The van der Waals surface area contributed by atoms with E-state index in [2.05, 4.69) is 9.97 Å². The van der Waals surface area contributed by atoms with Crippen LogP contribution in [-0.4, -0.2) is 38.4 Å². The molecule has 0 radical (unpaired) electrons. The third kappa shape index (κ3) is 3.29. The van der Waals surface area contributed by atoms with E-state index in [9.17, 15) is 9.59 Å². The van der Waals surface area contributed by atoms with Crippen LogP contribution in [0, 0.1) is 0 Å². The molecule has 7 heteroatoms. The zero-order chi connectivity index (χ0) is 19.8. The van der Waals surface area contributed by atoms with Gasteiger partial charge in [0.05, 0.1) is 17.2 Å². The first-order valence-corrected chi connectivity index (χ1v) is 9.76. The molecule has 1 fully saturated rings. The maximum Gasteiger partial charge on any atom is 0.261 e. The van der Waals surface area contributed by atoms with E-state index in [4.69, 9.17) is 4.42 Å². The molecule has 3 heterocycles. The zero-order valence-electron chi connectivity index (χ0n) is 15.8. The highest BCUT2D eigenvalue weighted by Crippen LogP contribution is 2.29. The Morgan fingerprint density at radius 1 is 1.03 bits per heavy atom. The fraction of sp³-hybridized carbons (Fsp3) is 0.273. The predicted octanol–water partition coefficient (Wildman–Crippen LogP) is 2.94. The number of likely N-dealkylation sites (tertiary alicyclic amines) is 1. The van der Waals surface area contributed by atoms with Crippen molar-refractivity contribution >= 4 is 27.9 Å². The van der Waals surface area contributed by atoms with Crippen LogP contribution in [0.4, 0.5) is 0 Å². The second kappa shape index (κ2) is 7.16. The zero-order valence-corrected chi connectivity index (χ0v) is 15.8. The molecule has 0 atom stereocenters. The summed E-state index contributed by atoms with van der Waals surface area (Å²) in [5, 5.41) is 0.525. The van der Waals surface area contributed by atoms with Gasteiger partial charge >= 0.3 is 0 Å². The van der Waals surface area contributed by atoms with Crippen molar-refractivity contribution in [3.8, 4) is 0 Å². The van der Waals surface area contributed by atoms with E-state index in [1.165, 1.54) is 10.9 Å². The van der Waals surface area contributed by atoms with Crippen molar-refractivity contribution in [2.75, 3.05) is 13.1 Å². The molecule has 1 amide bonds. The number of para-hydroxylation sites is 3. The minimum Gasteiger partial charge on any atom is -0.440 e. The first-order chi connectivity index (χ1) is 14.2. The number of aromatic nitrogens is 3. The van der Waals surface area contributed by atoms with Crippen molar-refractivity contribution in [3.63, 3.8) is 0 Å². The normalized spacial score (nSPS) is 15.2. The summed E-state index contributed by atoms with van der Waals surface area (Å²) in [4.78, 5) is 36.0. The Morgan fingerprint density at radius 3 is 2.55 bits per heavy atom. The van der Waals surface area contributed by atoms with Gasteiger partial charge in [0, 0.05) is 19.0 Å². The monoisotopic (exact) mass is 388 g/mol. The molecule has 0 bridgehead atoms. The number of hydrogen-bond acceptors (Lipinski definition) is 5. The summed E-state index contributed by atoms with van der Waals surface area (Å²) < 4.78 is 7.27. The van der Waals surface area contributed by atoms with E-state index in [-0.39, 0.29) is 23.9 Å². The van der Waals surface area contributed by atoms with E-state index in [0.717, 1.165) is 29.8 Å². The van der Waals surface area contributed by atoms with Crippen molar-refractivity contribution in [1.29, 1.82) is 0 Å². The smallest absolute Gasteiger partial charge is 0.261 e. The summed E-state index contributed by atoms with van der Waals surface area (Å²) in [6.45, 7) is 1.25. The van der Waals surface area contributed by atoms with E-state index in [1.54, 1.807) is 23.1 Å². The first-order valence-electron chi connectivity index (χ1n) is 9.76. The largest absolute Gasteiger partial charge is 0.440 e. The lowest BCUT2D eigenvalue weighted by atomic mass is 9.97. The van der Waals surface area contributed by atoms with Crippen LogP contribution in [-0.2, 0) is 11.3 Å². The van der Waals surface area contributed by atoms with Crippen molar-refractivity contribution < 1.29 is 9.21 Å². The molecule has 1 saturated heterocycles. The number of nitrogens with zero attached hydrogens (tertiary/aromatic N) is 4. The van der Waals surface area contributed by atoms with Gasteiger partial charge in [-0.3, -0.25) is 14.2 Å². The van der Waals surface area contributed by atoms with Crippen LogP contribution >= 0.6 is 0 Å². The molecule has 146 valence electrons. The third-order valence-corrected chi connectivity index (χ3v) is 5.54. The van der Waals surface area contributed by atoms with Gasteiger partial charge in [0.25, 0.3) is 5.56 Å². The Hall–Kier alpha value is -3.48. The number of piperidine rings is 1. The van der Waals surface area contributed by atoms with Crippen LogP contribution in [0.25, 0.3) is 22.0 Å². The predicted molar refractivity (Wildman–Crippen MR) is 109 cm³/mol. The fourth-order valence-electron chi connectivity index (χ4n) is 3.90. The average Bonchev–Trinajstić information content (AvgIpc) is 3.20.